The van der Waals surface area contributed by atoms with E-state index in [2.05, 4.69) is 0 Å². The Balaban J connectivity index is 6.90. The molecule has 2 atom stereocenters. The minimum absolute atomic E-state index is 1.74. The highest BCUT2D eigenvalue weighted by Crippen LogP contribution is 2.63. The maximum absolute atomic E-state index is 14.1. The van der Waals surface area contributed by atoms with Crippen molar-refractivity contribution in [2.75, 3.05) is 0 Å². The van der Waals surface area contributed by atoms with Crippen molar-refractivity contribution in [3.63, 3.8) is 0 Å². The van der Waals surface area contributed by atoms with Gasteiger partial charge < -0.3 is 0 Å². The summed E-state index contributed by atoms with van der Waals surface area (Å²) >= 11 is 0. The van der Waals surface area contributed by atoms with Gasteiger partial charge in [0.1, 0.15) is 0 Å². The zero-order valence-corrected chi connectivity index (χ0v) is 17.5. The number of halogens is 24. The Labute approximate surface area is 197 Å². The molecule has 0 aromatic carbocycles. The molecule has 0 saturated carbocycles. The lowest BCUT2D eigenvalue weighted by molar-refractivity contribution is -0.482. The second kappa shape index (κ2) is 8.89. The quantitative estimate of drug-likeness (QED) is 0.216. The predicted octanol–water partition coefficient (Wildman–Crippen LogP) is 8.58. The van der Waals surface area contributed by atoms with Crippen LogP contribution in [0.25, 0.3) is 0 Å². The molecule has 39 heavy (non-hydrogen) atoms. The van der Waals surface area contributed by atoms with Crippen molar-refractivity contribution in [3.8, 4) is 0 Å². The fourth-order valence-corrected chi connectivity index (χ4v) is 2.19. The SMILES string of the molecule is CC(F)(OC(C)(F)C(F)(F)C(F)(F)C(F)(F)C(F)(F)C(F)(F)F)C(F)(F)C(F)(F)C(F)(F)C(F)(F)C(F)(F)F. The first-order valence-electron chi connectivity index (χ1n) is 8.44. The molecule has 0 aromatic rings. The average Bonchev–Trinajstić information content (AvgIpc) is 2.63. The summed E-state index contributed by atoms with van der Waals surface area (Å²) in [4.78, 5) is 0. The molecule has 0 saturated heterocycles. The van der Waals surface area contributed by atoms with E-state index in [0.29, 0.717) is 0 Å². The summed E-state index contributed by atoms with van der Waals surface area (Å²) in [6.45, 7) is -3.48. The Hall–Kier alpha value is -1.72. The van der Waals surface area contributed by atoms with Crippen LogP contribution in [0.4, 0.5) is 105 Å². The average molecular weight is 646 g/mol. The van der Waals surface area contributed by atoms with Gasteiger partial charge in [-0.1, -0.05) is 0 Å². The van der Waals surface area contributed by atoms with Crippen LogP contribution in [-0.4, -0.2) is 71.4 Å². The number of ether oxygens (including phenoxy) is 1. The minimum Gasteiger partial charge on any atom is -0.298 e. The van der Waals surface area contributed by atoms with E-state index >= 15 is 0 Å². The first-order valence-corrected chi connectivity index (χ1v) is 8.44. The number of alkyl halides is 24. The highest BCUT2D eigenvalue weighted by Gasteiger charge is 2.93. The third kappa shape index (κ3) is 4.80. The van der Waals surface area contributed by atoms with E-state index in [4.69, 9.17) is 0 Å². The van der Waals surface area contributed by atoms with Gasteiger partial charge in [0.05, 0.1) is 0 Å². The molecular formula is C14H6F24O. The van der Waals surface area contributed by atoms with Gasteiger partial charge in [0.2, 0.25) is 0 Å². The fourth-order valence-electron chi connectivity index (χ4n) is 2.19. The van der Waals surface area contributed by atoms with Gasteiger partial charge in [-0.3, -0.25) is 4.74 Å². The van der Waals surface area contributed by atoms with Gasteiger partial charge in [0, 0.05) is 13.8 Å². The second-order valence-electron chi connectivity index (χ2n) is 7.53. The van der Waals surface area contributed by atoms with Crippen molar-refractivity contribution in [1.29, 1.82) is 0 Å². The molecule has 0 aromatic heterocycles. The summed E-state index contributed by atoms with van der Waals surface area (Å²) < 4.78 is 315. The second-order valence-corrected chi connectivity index (χ2v) is 7.53. The van der Waals surface area contributed by atoms with E-state index in [-0.39, 0.29) is 0 Å². The molecule has 2 unspecified atom stereocenters. The molecule has 0 aliphatic carbocycles. The topological polar surface area (TPSA) is 9.23 Å². The first kappa shape index (κ1) is 37.3. The van der Waals surface area contributed by atoms with Gasteiger partial charge in [-0.05, 0) is 0 Å². The predicted molar refractivity (Wildman–Crippen MR) is 71.8 cm³/mol. The number of rotatable bonds is 10. The van der Waals surface area contributed by atoms with Crippen LogP contribution in [0.3, 0.4) is 0 Å². The molecule has 25 heteroatoms. The molecule has 0 aliphatic heterocycles. The Morgan fingerprint density at radius 1 is 0.256 bits per heavy atom. The van der Waals surface area contributed by atoms with E-state index in [1.807, 2.05) is 4.74 Å². The van der Waals surface area contributed by atoms with Gasteiger partial charge in [-0.15, -0.1) is 0 Å². The molecule has 0 bridgehead atoms. The molecular weight excluding hydrogens is 640 g/mol. The summed E-state index contributed by atoms with van der Waals surface area (Å²) in [5.74, 6) is -81.1. The molecule has 0 spiro atoms. The van der Waals surface area contributed by atoms with E-state index in [1.54, 1.807) is 0 Å². The third-order valence-electron chi connectivity index (χ3n) is 4.58. The molecule has 1 nitrogen and oxygen atoms in total. The van der Waals surface area contributed by atoms with Crippen molar-refractivity contribution in [1.82, 2.24) is 0 Å². The molecule has 0 heterocycles. The normalized spacial score (nSPS) is 19.5. The zero-order chi connectivity index (χ0) is 32.7. The van der Waals surface area contributed by atoms with Crippen LogP contribution in [0.15, 0.2) is 0 Å². The molecule has 0 amide bonds. The number of hydrogen-bond acceptors (Lipinski definition) is 1. The first-order chi connectivity index (χ1) is 16.2. The summed E-state index contributed by atoms with van der Waals surface area (Å²) in [5, 5.41) is 0. The van der Waals surface area contributed by atoms with Crippen LogP contribution in [0, 0.1) is 0 Å². The van der Waals surface area contributed by atoms with Crippen LogP contribution in [-0.2, 0) is 4.74 Å². The fraction of sp³-hybridized carbons (Fsp3) is 1.00. The smallest absolute Gasteiger partial charge is 0.298 e. The molecule has 0 aliphatic rings. The Morgan fingerprint density at radius 3 is 0.564 bits per heavy atom. The van der Waals surface area contributed by atoms with Crippen LogP contribution >= 0.6 is 0 Å². The van der Waals surface area contributed by atoms with Crippen molar-refractivity contribution < 1.29 is 110 Å². The molecule has 0 N–H and O–H groups in total. The molecule has 0 radical (unpaired) electrons. The van der Waals surface area contributed by atoms with Crippen LogP contribution in [0.5, 0.6) is 0 Å². The summed E-state index contributed by atoms with van der Waals surface area (Å²) in [5.41, 5.74) is 0. The van der Waals surface area contributed by atoms with Gasteiger partial charge in [0.15, 0.2) is 0 Å². The largest absolute Gasteiger partial charge is 0.460 e. The van der Waals surface area contributed by atoms with Crippen molar-refractivity contribution >= 4 is 0 Å². The van der Waals surface area contributed by atoms with Crippen LogP contribution < -0.4 is 0 Å². The highest BCUT2D eigenvalue weighted by molar-refractivity contribution is 5.12. The Kier molecular flexibility index (Phi) is 8.50. The maximum Gasteiger partial charge on any atom is 0.460 e. The lowest BCUT2D eigenvalue weighted by Gasteiger charge is -2.45. The summed E-state index contributed by atoms with van der Waals surface area (Å²) in [6.07, 6.45) is -15.8. The summed E-state index contributed by atoms with van der Waals surface area (Å²) in [6, 6.07) is 0. The Bertz CT molecular complexity index is 815. The zero-order valence-electron chi connectivity index (χ0n) is 17.5. The highest BCUT2D eigenvalue weighted by atomic mass is 19.4. The number of hydrogen-bond donors (Lipinski definition) is 0. The lowest BCUT2D eigenvalue weighted by atomic mass is 9.92. The molecule has 0 fully saturated rings. The Morgan fingerprint density at radius 2 is 0.410 bits per heavy atom. The van der Waals surface area contributed by atoms with E-state index < -0.39 is 85.3 Å². The third-order valence-corrected chi connectivity index (χ3v) is 4.58. The van der Waals surface area contributed by atoms with Gasteiger partial charge in [-0.25, -0.2) is 8.78 Å². The van der Waals surface area contributed by atoms with Crippen molar-refractivity contribution in [2.24, 2.45) is 0 Å². The summed E-state index contributed by atoms with van der Waals surface area (Å²) in [7, 11) is 0. The molecule has 0 rings (SSSR count). The van der Waals surface area contributed by atoms with E-state index in [0.717, 1.165) is 0 Å². The monoisotopic (exact) mass is 646 g/mol. The van der Waals surface area contributed by atoms with Crippen LogP contribution in [0.2, 0.25) is 0 Å². The van der Waals surface area contributed by atoms with Crippen molar-refractivity contribution in [3.05, 3.63) is 0 Å². The van der Waals surface area contributed by atoms with Gasteiger partial charge in [-0.2, -0.15) is 96.6 Å². The minimum atomic E-state index is -8.55. The van der Waals surface area contributed by atoms with Crippen molar-refractivity contribution in [2.45, 2.75) is 85.3 Å². The standard InChI is InChI=1S/C14H6F24O/c1-3(15,5(17,18)7(21,22)9(25,26)11(29,30)13(33,34)35)39-4(2,16)6(19,20)8(23,24)10(27,28)12(31,32)14(36,37)38/h1-2H3. The van der Waals surface area contributed by atoms with Crippen LogP contribution in [0.1, 0.15) is 13.8 Å². The van der Waals surface area contributed by atoms with Gasteiger partial charge in [0.25, 0.3) is 11.7 Å². The lowest BCUT2D eigenvalue weighted by Crippen LogP contribution is -2.74. The maximum atomic E-state index is 14.1. The van der Waals surface area contributed by atoms with E-state index in [9.17, 15) is 105 Å². The van der Waals surface area contributed by atoms with Gasteiger partial charge >= 0.3 is 59.7 Å². The molecule has 236 valence electrons. The van der Waals surface area contributed by atoms with E-state index in [1.165, 1.54) is 0 Å².